The molecule has 2 unspecified atom stereocenters. The molecule has 88 valence electrons. The lowest BCUT2D eigenvalue weighted by Gasteiger charge is -2.23. The van der Waals surface area contributed by atoms with Crippen molar-refractivity contribution in [3.05, 3.63) is 34.9 Å². The van der Waals surface area contributed by atoms with Crippen LogP contribution < -0.4 is 11.3 Å². The van der Waals surface area contributed by atoms with Crippen LogP contribution in [0.25, 0.3) is 0 Å². The third kappa shape index (κ3) is 2.26. The molecule has 1 fully saturated rings. The Hall–Kier alpha value is -0.900. The van der Waals surface area contributed by atoms with Crippen LogP contribution >= 0.6 is 0 Å². The van der Waals surface area contributed by atoms with Crippen LogP contribution in [0.2, 0.25) is 0 Å². The lowest BCUT2D eigenvalue weighted by molar-refractivity contribution is 0.0783. The van der Waals surface area contributed by atoms with E-state index in [4.69, 9.17) is 10.6 Å². The number of hydrogen-bond acceptors (Lipinski definition) is 3. The van der Waals surface area contributed by atoms with Crippen molar-refractivity contribution in [3.63, 3.8) is 0 Å². The van der Waals surface area contributed by atoms with E-state index >= 15 is 0 Å². The minimum atomic E-state index is 0.113. The molecular formula is C13H20N2O. The lowest BCUT2D eigenvalue weighted by Crippen LogP contribution is -2.36. The zero-order valence-electron chi connectivity index (χ0n) is 9.99. The minimum Gasteiger partial charge on any atom is -0.376 e. The third-order valence-corrected chi connectivity index (χ3v) is 3.41. The fourth-order valence-corrected chi connectivity index (χ4v) is 2.24. The summed E-state index contributed by atoms with van der Waals surface area (Å²) in [4.78, 5) is 0. The topological polar surface area (TPSA) is 47.3 Å². The second-order valence-corrected chi connectivity index (χ2v) is 4.54. The molecule has 1 aliphatic rings. The zero-order chi connectivity index (χ0) is 11.5. The van der Waals surface area contributed by atoms with E-state index < -0.39 is 0 Å². The molecule has 0 bridgehead atoms. The highest BCUT2D eigenvalue weighted by atomic mass is 16.5. The Morgan fingerprint density at radius 2 is 2.19 bits per heavy atom. The zero-order valence-corrected chi connectivity index (χ0v) is 9.99. The number of hydrogen-bond donors (Lipinski definition) is 2. The highest BCUT2D eigenvalue weighted by molar-refractivity contribution is 5.32. The molecule has 0 radical (unpaired) electrons. The minimum absolute atomic E-state index is 0.113. The molecule has 16 heavy (non-hydrogen) atoms. The largest absolute Gasteiger partial charge is 0.376 e. The van der Waals surface area contributed by atoms with Crippen LogP contribution in [0.1, 0.15) is 35.6 Å². The standard InChI is InChI=1S/C13H20N2O/c1-9-5-6-11(8-10(9)2)13(15-14)12-4-3-7-16-12/h5-6,8,12-13,15H,3-4,7,14H2,1-2H3. The Bertz CT molecular complexity index is 359. The average Bonchev–Trinajstić information content (AvgIpc) is 2.78. The van der Waals surface area contributed by atoms with Gasteiger partial charge in [-0.3, -0.25) is 11.3 Å². The van der Waals surface area contributed by atoms with Crippen molar-refractivity contribution in [1.29, 1.82) is 0 Å². The third-order valence-electron chi connectivity index (χ3n) is 3.41. The number of aryl methyl sites for hydroxylation is 2. The Morgan fingerprint density at radius 1 is 1.38 bits per heavy atom. The van der Waals surface area contributed by atoms with Gasteiger partial charge in [0, 0.05) is 6.61 Å². The quantitative estimate of drug-likeness (QED) is 0.605. The van der Waals surface area contributed by atoms with Gasteiger partial charge >= 0.3 is 0 Å². The lowest BCUT2D eigenvalue weighted by atomic mass is 9.96. The van der Waals surface area contributed by atoms with E-state index in [1.54, 1.807) is 0 Å². The Balaban J connectivity index is 2.22. The van der Waals surface area contributed by atoms with Crippen LogP contribution in [0.3, 0.4) is 0 Å². The summed E-state index contributed by atoms with van der Waals surface area (Å²) in [6, 6.07) is 6.59. The summed E-state index contributed by atoms with van der Waals surface area (Å²) in [6.07, 6.45) is 2.43. The van der Waals surface area contributed by atoms with Gasteiger partial charge in [-0.15, -0.1) is 0 Å². The Labute approximate surface area is 97.0 Å². The van der Waals surface area contributed by atoms with Crippen molar-refractivity contribution < 1.29 is 4.74 Å². The number of nitrogens with one attached hydrogen (secondary N) is 1. The highest BCUT2D eigenvalue weighted by Crippen LogP contribution is 2.27. The van der Waals surface area contributed by atoms with Crippen LogP contribution in [0.15, 0.2) is 18.2 Å². The summed E-state index contributed by atoms with van der Waals surface area (Å²) < 4.78 is 5.69. The van der Waals surface area contributed by atoms with Gasteiger partial charge in [0.25, 0.3) is 0 Å². The van der Waals surface area contributed by atoms with Crippen molar-refractivity contribution in [2.45, 2.75) is 38.8 Å². The van der Waals surface area contributed by atoms with Gasteiger partial charge in [0.2, 0.25) is 0 Å². The van der Waals surface area contributed by atoms with E-state index in [9.17, 15) is 0 Å². The SMILES string of the molecule is Cc1ccc(C(NN)C2CCCO2)cc1C. The first kappa shape index (κ1) is 11.6. The molecule has 0 spiro atoms. The number of nitrogens with two attached hydrogens (primary N) is 1. The molecule has 0 saturated carbocycles. The molecule has 0 aromatic heterocycles. The van der Waals surface area contributed by atoms with Gasteiger partial charge in [0.1, 0.15) is 0 Å². The predicted molar refractivity (Wildman–Crippen MR) is 65.0 cm³/mol. The molecule has 0 amide bonds. The van der Waals surface area contributed by atoms with Crippen LogP contribution in [-0.2, 0) is 4.74 Å². The number of benzene rings is 1. The molecule has 2 rings (SSSR count). The fraction of sp³-hybridized carbons (Fsp3) is 0.538. The van der Waals surface area contributed by atoms with Crippen molar-refractivity contribution >= 4 is 0 Å². The summed E-state index contributed by atoms with van der Waals surface area (Å²) in [5, 5.41) is 0. The molecule has 3 nitrogen and oxygen atoms in total. The average molecular weight is 220 g/mol. The first-order chi connectivity index (χ1) is 7.72. The monoisotopic (exact) mass is 220 g/mol. The Kier molecular flexibility index (Phi) is 3.59. The van der Waals surface area contributed by atoms with E-state index in [0.717, 1.165) is 19.4 Å². The van der Waals surface area contributed by atoms with Crippen molar-refractivity contribution in [3.8, 4) is 0 Å². The molecule has 2 atom stereocenters. The molecular weight excluding hydrogens is 200 g/mol. The maximum atomic E-state index is 5.69. The van der Waals surface area contributed by atoms with Crippen LogP contribution in [-0.4, -0.2) is 12.7 Å². The van der Waals surface area contributed by atoms with E-state index in [1.165, 1.54) is 16.7 Å². The molecule has 3 heteroatoms. The first-order valence-electron chi connectivity index (χ1n) is 5.87. The second kappa shape index (κ2) is 4.95. The van der Waals surface area contributed by atoms with E-state index in [1.807, 2.05) is 0 Å². The molecule has 3 N–H and O–H groups in total. The van der Waals surface area contributed by atoms with Crippen LogP contribution in [0.4, 0.5) is 0 Å². The highest BCUT2D eigenvalue weighted by Gasteiger charge is 2.26. The fourth-order valence-electron chi connectivity index (χ4n) is 2.24. The predicted octanol–water partition coefficient (Wildman–Crippen LogP) is 1.99. The Morgan fingerprint density at radius 3 is 2.75 bits per heavy atom. The van der Waals surface area contributed by atoms with Gasteiger partial charge in [0.15, 0.2) is 0 Å². The van der Waals surface area contributed by atoms with Crippen LogP contribution in [0.5, 0.6) is 0 Å². The summed E-state index contributed by atoms with van der Waals surface area (Å²) in [6.45, 7) is 5.10. The maximum Gasteiger partial charge on any atom is 0.0783 e. The second-order valence-electron chi connectivity index (χ2n) is 4.54. The summed E-state index contributed by atoms with van der Waals surface area (Å²) in [7, 11) is 0. The van der Waals surface area contributed by atoms with E-state index in [2.05, 4.69) is 37.5 Å². The van der Waals surface area contributed by atoms with Gasteiger partial charge < -0.3 is 4.74 Å². The first-order valence-corrected chi connectivity index (χ1v) is 5.87. The number of ether oxygens (including phenoxy) is 1. The smallest absolute Gasteiger partial charge is 0.0783 e. The molecule has 1 saturated heterocycles. The van der Waals surface area contributed by atoms with Gasteiger partial charge in [-0.2, -0.15) is 0 Å². The van der Waals surface area contributed by atoms with E-state index in [-0.39, 0.29) is 12.1 Å². The van der Waals surface area contributed by atoms with Crippen molar-refractivity contribution in [2.24, 2.45) is 5.84 Å². The number of hydrazine groups is 1. The normalized spacial score (nSPS) is 22.3. The number of rotatable bonds is 3. The molecule has 1 heterocycles. The van der Waals surface area contributed by atoms with Gasteiger partial charge in [-0.1, -0.05) is 18.2 Å². The summed E-state index contributed by atoms with van der Waals surface area (Å²) in [5.41, 5.74) is 6.72. The molecule has 1 aromatic carbocycles. The maximum absolute atomic E-state index is 5.69. The summed E-state index contributed by atoms with van der Waals surface area (Å²) in [5.74, 6) is 5.64. The summed E-state index contributed by atoms with van der Waals surface area (Å²) >= 11 is 0. The van der Waals surface area contributed by atoms with Crippen molar-refractivity contribution in [1.82, 2.24) is 5.43 Å². The molecule has 1 aromatic rings. The van der Waals surface area contributed by atoms with Gasteiger partial charge in [-0.05, 0) is 43.4 Å². The molecule has 1 aliphatic heterocycles. The van der Waals surface area contributed by atoms with Gasteiger partial charge in [-0.25, -0.2) is 0 Å². The van der Waals surface area contributed by atoms with Crippen LogP contribution in [0, 0.1) is 13.8 Å². The van der Waals surface area contributed by atoms with E-state index in [0.29, 0.717) is 0 Å². The van der Waals surface area contributed by atoms with Gasteiger partial charge in [0.05, 0.1) is 12.1 Å². The molecule has 0 aliphatic carbocycles. The van der Waals surface area contributed by atoms with Crippen molar-refractivity contribution in [2.75, 3.05) is 6.61 Å².